The number of thiocarbonyl (C=S) groups is 1. The Balaban J connectivity index is 2.31. The summed E-state index contributed by atoms with van der Waals surface area (Å²) in [6.07, 6.45) is 0. The van der Waals surface area contributed by atoms with Crippen LogP contribution in [-0.4, -0.2) is 4.99 Å². The Morgan fingerprint density at radius 2 is 1.79 bits per heavy atom. The summed E-state index contributed by atoms with van der Waals surface area (Å²) >= 11 is 4.76. The molecule has 2 N–H and O–H groups in total. The molecule has 0 spiro atoms. The van der Waals surface area contributed by atoms with Gasteiger partial charge in [0.1, 0.15) is 16.6 Å². The quantitative estimate of drug-likeness (QED) is 0.870. The summed E-state index contributed by atoms with van der Waals surface area (Å²) in [5, 5.41) is 0. The SMILES string of the molecule is Cc1cc(F)ccc1Oc1ccc(C(N)=S)cc1F. The van der Waals surface area contributed by atoms with E-state index < -0.39 is 5.82 Å². The van der Waals surface area contributed by atoms with Gasteiger partial charge in [-0.15, -0.1) is 0 Å². The van der Waals surface area contributed by atoms with Gasteiger partial charge in [-0.05, 0) is 48.9 Å². The standard InChI is InChI=1S/C14H11F2NOS/c1-8-6-10(15)3-5-12(8)18-13-4-2-9(14(17)19)7-11(13)16/h2-7H,1H3,(H2,17,19). The van der Waals surface area contributed by atoms with Crippen molar-refractivity contribution in [1.29, 1.82) is 0 Å². The van der Waals surface area contributed by atoms with E-state index >= 15 is 0 Å². The van der Waals surface area contributed by atoms with Crippen molar-refractivity contribution in [1.82, 2.24) is 0 Å². The predicted octanol–water partition coefficient (Wildman–Crippen LogP) is 3.70. The first-order valence-electron chi connectivity index (χ1n) is 5.51. The van der Waals surface area contributed by atoms with Crippen LogP contribution in [0.15, 0.2) is 36.4 Å². The van der Waals surface area contributed by atoms with E-state index in [9.17, 15) is 8.78 Å². The molecule has 0 fully saturated rings. The highest BCUT2D eigenvalue weighted by molar-refractivity contribution is 7.80. The maximum Gasteiger partial charge on any atom is 0.166 e. The molecule has 0 aliphatic heterocycles. The van der Waals surface area contributed by atoms with Crippen LogP contribution in [0.25, 0.3) is 0 Å². The highest BCUT2D eigenvalue weighted by Gasteiger charge is 2.09. The summed E-state index contributed by atoms with van der Waals surface area (Å²) < 4.78 is 32.1. The molecule has 2 aromatic carbocycles. The van der Waals surface area contributed by atoms with Crippen LogP contribution in [0.3, 0.4) is 0 Å². The normalized spacial score (nSPS) is 10.3. The molecular weight excluding hydrogens is 268 g/mol. The molecule has 0 radical (unpaired) electrons. The van der Waals surface area contributed by atoms with E-state index in [0.29, 0.717) is 16.9 Å². The minimum Gasteiger partial charge on any atom is -0.454 e. The summed E-state index contributed by atoms with van der Waals surface area (Å²) in [5.74, 6) is -0.513. The van der Waals surface area contributed by atoms with Crippen molar-refractivity contribution in [3.63, 3.8) is 0 Å². The maximum absolute atomic E-state index is 13.8. The zero-order valence-electron chi connectivity index (χ0n) is 10.1. The first-order valence-corrected chi connectivity index (χ1v) is 5.91. The van der Waals surface area contributed by atoms with Crippen molar-refractivity contribution < 1.29 is 13.5 Å². The lowest BCUT2D eigenvalue weighted by Gasteiger charge is -2.10. The second-order valence-electron chi connectivity index (χ2n) is 4.02. The monoisotopic (exact) mass is 279 g/mol. The molecule has 0 aliphatic rings. The number of aryl methyl sites for hydroxylation is 1. The summed E-state index contributed by atoms with van der Waals surface area (Å²) in [7, 11) is 0. The van der Waals surface area contributed by atoms with Gasteiger partial charge in [-0.25, -0.2) is 8.78 Å². The fourth-order valence-corrected chi connectivity index (χ4v) is 1.71. The van der Waals surface area contributed by atoms with Crippen LogP contribution in [0.2, 0.25) is 0 Å². The molecule has 0 aliphatic carbocycles. The third kappa shape index (κ3) is 3.06. The summed E-state index contributed by atoms with van der Waals surface area (Å²) in [5.41, 5.74) is 6.42. The van der Waals surface area contributed by atoms with Gasteiger partial charge in [0.15, 0.2) is 11.6 Å². The van der Waals surface area contributed by atoms with Crippen LogP contribution in [-0.2, 0) is 0 Å². The van der Waals surface area contributed by atoms with Gasteiger partial charge >= 0.3 is 0 Å². The molecule has 5 heteroatoms. The first kappa shape index (κ1) is 13.4. The fraction of sp³-hybridized carbons (Fsp3) is 0.0714. The van der Waals surface area contributed by atoms with Crippen molar-refractivity contribution >= 4 is 17.2 Å². The summed E-state index contributed by atoms with van der Waals surface area (Å²) in [6.45, 7) is 1.68. The Hall–Kier alpha value is -2.01. The Morgan fingerprint density at radius 3 is 2.37 bits per heavy atom. The molecule has 0 unspecified atom stereocenters. The van der Waals surface area contributed by atoms with E-state index in [1.54, 1.807) is 13.0 Å². The van der Waals surface area contributed by atoms with Crippen LogP contribution >= 0.6 is 12.2 Å². The molecule has 0 bridgehead atoms. The van der Waals surface area contributed by atoms with Crippen LogP contribution in [0.4, 0.5) is 8.78 Å². The van der Waals surface area contributed by atoms with Gasteiger partial charge in [-0.3, -0.25) is 0 Å². The van der Waals surface area contributed by atoms with Crippen molar-refractivity contribution in [2.45, 2.75) is 6.92 Å². The second kappa shape index (κ2) is 5.32. The molecule has 0 atom stereocenters. The van der Waals surface area contributed by atoms with Crippen molar-refractivity contribution in [2.24, 2.45) is 5.73 Å². The lowest BCUT2D eigenvalue weighted by Crippen LogP contribution is -2.09. The van der Waals surface area contributed by atoms with Gasteiger partial charge in [0.05, 0.1) is 0 Å². The molecule has 0 saturated carbocycles. The number of benzene rings is 2. The Kier molecular flexibility index (Phi) is 3.76. The minimum absolute atomic E-state index is 0.0368. The molecule has 98 valence electrons. The number of rotatable bonds is 3. The van der Waals surface area contributed by atoms with Gasteiger partial charge in [0.2, 0.25) is 0 Å². The topological polar surface area (TPSA) is 35.2 Å². The number of hydrogen-bond acceptors (Lipinski definition) is 2. The van der Waals surface area contributed by atoms with Gasteiger partial charge in [-0.2, -0.15) is 0 Å². The van der Waals surface area contributed by atoms with Gasteiger partial charge in [0, 0.05) is 5.56 Å². The zero-order valence-corrected chi connectivity index (χ0v) is 10.9. The molecule has 0 aromatic heterocycles. The average molecular weight is 279 g/mol. The Morgan fingerprint density at radius 1 is 1.11 bits per heavy atom. The molecule has 0 amide bonds. The van der Waals surface area contributed by atoms with Crippen LogP contribution in [0.5, 0.6) is 11.5 Å². The molecule has 2 rings (SSSR count). The number of nitrogens with two attached hydrogens (primary N) is 1. The highest BCUT2D eigenvalue weighted by atomic mass is 32.1. The van der Waals surface area contributed by atoms with E-state index in [2.05, 4.69) is 0 Å². The summed E-state index contributed by atoms with van der Waals surface area (Å²) in [6, 6.07) is 8.23. The van der Waals surface area contributed by atoms with Crippen molar-refractivity contribution in [2.75, 3.05) is 0 Å². The first-order chi connectivity index (χ1) is 8.97. The second-order valence-corrected chi connectivity index (χ2v) is 4.46. The smallest absolute Gasteiger partial charge is 0.166 e. The van der Waals surface area contributed by atoms with Crippen LogP contribution < -0.4 is 10.5 Å². The molecule has 0 heterocycles. The van der Waals surface area contributed by atoms with E-state index in [-0.39, 0.29) is 16.6 Å². The minimum atomic E-state index is -0.575. The molecule has 19 heavy (non-hydrogen) atoms. The predicted molar refractivity (Wildman–Crippen MR) is 73.5 cm³/mol. The van der Waals surface area contributed by atoms with Crippen molar-refractivity contribution in [3.05, 3.63) is 59.2 Å². The van der Waals surface area contributed by atoms with E-state index in [4.69, 9.17) is 22.7 Å². The Bertz CT molecular complexity index is 643. The van der Waals surface area contributed by atoms with E-state index in [1.807, 2.05) is 0 Å². The van der Waals surface area contributed by atoms with Gasteiger partial charge in [-0.1, -0.05) is 12.2 Å². The van der Waals surface area contributed by atoms with Gasteiger partial charge < -0.3 is 10.5 Å². The van der Waals surface area contributed by atoms with Gasteiger partial charge in [0.25, 0.3) is 0 Å². The number of hydrogen-bond donors (Lipinski definition) is 1. The van der Waals surface area contributed by atoms with E-state index in [1.165, 1.54) is 30.3 Å². The van der Waals surface area contributed by atoms with Crippen LogP contribution in [0, 0.1) is 18.6 Å². The van der Waals surface area contributed by atoms with Crippen LogP contribution in [0.1, 0.15) is 11.1 Å². The number of halogens is 2. The maximum atomic E-state index is 13.8. The molecular formula is C14H11F2NOS. The molecule has 2 nitrogen and oxygen atoms in total. The lowest BCUT2D eigenvalue weighted by atomic mass is 10.2. The highest BCUT2D eigenvalue weighted by Crippen LogP contribution is 2.28. The average Bonchev–Trinajstić information content (AvgIpc) is 2.34. The fourth-order valence-electron chi connectivity index (χ4n) is 1.58. The number of ether oxygens (including phenoxy) is 1. The lowest BCUT2D eigenvalue weighted by molar-refractivity contribution is 0.438. The zero-order chi connectivity index (χ0) is 14.0. The van der Waals surface area contributed by atoms with E-state index in [0.717, 1.165) is 0 Å². The largest absolute Gasteiger partial charge is 0.454 e. The third-order valence-electron chi connectivity index (χ3n) is 2.57. The Labute approximate surface area is 114 Å². The van der Waals surface area contributed by atoms with Crippen molar-refractivity contribution in [3.8, 4) is 11.5 Å². The third-order valence-corrected chi connectivity index (χ3v) is 2.81. The molecule has 0 saturated heterocycles. The summed E-state index contributed by atoms with van der Waals surface area (Å²) in [4.78, 5) is 0.114. The molecule has 2 aromatic rings.